The molecule has 0 radical (unpaired) electrons. The Morgan fingerprint density at radius 1 is 1.50 bits per heavy atom. The maximum Gasteiger partial charge on any atom is 0.224 e. The molecule has 3 N–H and O–H groups in total. The van der Waals surface area contributed by atoms with Crippen LogP contribution in [0.4, 0.5) is 0 Å². The van der Waals surface area contributed by atoms with Gasteiger partial charge in [-0.05, 0) is 19.3 Å². The number of carbonyl (C=O) groups excluding carboxylic acids is 1. The first kappa shape index (κ1) is 13.5. The minimum absolute atomic E-state index is 0.0496. The van der Waals surface area contributed by atoms with Gasteiger partial charge in [0.2, 0.25) is 5.91 Å². The summed E-state index contributed by atoms with van der Waals surface area (Å²) in [6.45, 7) is 3.63. The van der Waals surface area contributed by atoms with Gasteiger partial charge in [0, 0.05) is 19.0 Å². The molecule has 1 unspecified atom stereocenters. The van der Waals surface area contributed by atoms with Crippen LogP contribution in [0.15, 0.2) is 0 Å². The Bertz CT molecular complexity index is 199. The predicted molar refractivity (Wildman–Crippen MR) is 64.1 cm³/mol. The first-order chi connectivity index (χ1) is 7.77. The molecule has 1 aliphatic rings. The first-order valence-electron chi connectivity index (χ1n) is 6.37. The fourth-order valence-electron chi connectivity index (χ4n) is 2.06. The van der Waals surface area contributed by atoms with Gasteiger partial charge in [0.1, 0.15) is 0 Å². The van der Waals surface area contributed by atoms with Crippen LogP contribution in [0.5, 0.6) is 0 Å². The van der Waals surface area contributed by atoms with Crippen molar-refractivity contribution in [2.45, 2.75) is 45.1 Å². The number of ether oxygens (including phenoxy) is 1. The third-order valence-corrected chi connectivity index (χ3v) is 3.21. The van der Waals surface area contributed by atoms with Crippen LogP contribution >= 0.6 is 0 Å². The summed E-state index contributed by atoms with van der Waals surface area (Å²) in [6, 6.07) is 0. The summed E-state index contributed by atoms with van der Waals surface area (Å²) in [5.41, 5.74) is 5.50. The van der Waals surface area contributed by atoms with Gasteiger partial charge in [-0.3, -0.25) is 4.79 Å². The predicted octanol–water partition coefficient (Wildman–Crippen LogP) is 1.05. The molecule has 1 fully saturated rings. The molecule has 1 rings (SSSR count). The Kier molecular flexibility index (Phi) is 6.42. The van der Waals surface area contributed by atoms with Gasteiger partial charge in [0.15, 0.2) is 0 Å². The summed E-state index contributed by atoms with van der Waals surface area (Å²) >= 11 is 0. The Labute approximate surface area is 97.9 Å². The lowest BCUT2D eigenvalue weighted by atomic mass is 10.1. The summed E-state index contributed by atoms with van der Waals surface area (Å²) in [6.07, 6.45) is 6.13. The smallest absolute Gasteiger partial charge is 0.224 e. The quantitative estimate of drug-likeness (QED) is 0.640. The fourth-order valence-corrected chi connectivity index (χ4v) is 2.06. The SMILES string of the molecule is CCC(CN)C(=O)NCCOC1CCCC1. The molecule has 0 aliphatic heterocycles. The molecule has 4 heteroatoms. The van der Waals surface area contributed by atoms with E-state index in [1.165, 1.54) is 25.7 Å². The minimum atomic E-state index is -0.0496. The maximum absolute atomic E-state index is 11.6. The molecule has 0 aromatic carbocycles. The van der Waals surface area contributed by atoms with E-state index in [0.717, 1.165) is 6.42 Å². The highest BCUT2D eigenvalue weighted by Crippen LogP contribution is 2.20. The monoisotopic (exact) mass is 228 g/mol. The average molecular weight is 228 g/mol. The molecule has 1 atom stereocenters. The molecule has 0 bridgehead atoms. The molecule has 0 aromatic rings. The second-order valence-electron chi connectivity index (χ2n) is 4.41. The van der Waals surface area contributed by atoms with Crippen molar-refractivity contribution in [2.24, 2.45) is 11.7 Å². The van der Waals surface area contributed by atoms with Crippen LogP contribution in [0, 0.1) is 5.92 Å². The van der Waals surface area contributed by atoms with Crippen molar-refractivity contribution in [3.05, 3.63) is 0 Å². The maximum atomic E-state index is 11.6. The van der Waals surface area contributed by atoms with Crippen LogP contribution < -0.4 is 11.1 Å². The molecule has 0 heterocycles. The topological polar surface area (TPSA) is 64.4 Å². The summed E-state index contributed by atoms with van der Waals surface area (Å²) in [7, 11) is 0. The van der Waals surface area contributed by atoms with Gasteiger partial charge in [0.25, 0.3) is 0 Å². The number of hydrogen-bond acceptors (Lipinski definition) is 3. The van der Waals surface area contributed by atoms with E-state index < -0.39 is 0 Å². The van der Waals surface area contributed by atoms with Crippen molar-refractivity contribution in [2.75, 3.05) is 19.7 Å². The van der Waals surface area contributed by atoms with Gasteiger partial charge in [-0.15, -0.1) is 0 Å². The van der Waals surface area contributed by atoms with Crippen LogP contribution in [-0.4, -0.2) is 31.7 Å². The standard InChI is InChI=1S/C12H24N2O2/c1-2-10(9-13)12(15)14-7-8-16-11-5-3-4-6-11/h10-11H,2-9,13H2,1H3,(H,14,15). The van der Waals surface area contributed by atoms with Crippen molar-refractivity contribution < 1.29 is 9.53 Å². The van der Waals surface area contributed by atoms with Gasteiger partial charge >= 0.3 is 0 Å². The molecule has 1 aliphatic carbocycles. The number of hydrogen-bond donors (Lipinski definition) is 2. The van der Waals surface area contributed by atoms with Crippen molar-refractivity contribution in [3.63, 3.8) is 0 Å². The van der Waals surface area contributed by atoms with Gasteiger partial charge < -0.3 is 15.8 Å². The van der Waals surface area contributed by atoms with Gasteiger partial charge in [-0.25, -0.2) is 0 Å². The summed E-state index contributed by atoms with van der Waals surface area (Å²) in [4.78, 5) is 11.6. The van der Waals surface area contributed by atoms with Gasteiger partial charge in [-0.1, -0.05) is 19.8 Å². The molecule has 1 saturated carbocycles. The molecule has 0 aromatic heterocycles. The molecule has 4 nitrogen and oxygen atoms in total. The van der Waals surface area contributed by atoms with Gasteiger partial charge in [0.05, 0.1) is 12.7 Å². The lowest BCUT2D eigenvalue weighted by Gasteiger charge is -2.14. The van der Waals surface area contributed by atoms with Crippen LogP contribution in [-0.2, 0) is 9.53 Å². The van der Waals surface area contributed by atoms with Crippen molar-refractivity contribution >= 4 is 5.91 Å². The number of rotatable bonds is 7. The highest BCUT2D eigenvalue weighted by molar-refractivity contribution is 5.78. The van der Waals surface area contributed by atoms with Gasteiger partial charge in [-0.2, -0.15) is 0 Å². The first-order valence-corrected chi connectivity index (χ1v) is 6.37. The van der Waals surface area contributed by atoms with E-state index in [0.29, 0.717) is 25.8 Å². The lowest BCUT2D eigenvalue weighted by Crippen LogP contribution is -2.36. The third kappa shape index (κ3) is 4.49. The number of amides is 1. The van der Waals surface area contributed by atoms with E-state index in [1.807, 2.05) is 6.92 Å². The Hall–Kier alpha value is -0.610. The molecule has 94 valence electrons. The fraction of sp³-hybridized carbons (Fsp3) is 0.917. The molecule has 0 saturated heterocycles. The number of nitrogens with two attached hydrogens (primary N) is 1. The van der Waals surface area contributed by atoms with Crippen LogP contribution in [0.2, 0.25) is 0 Å². The summed E-state index contributed by atoms with van der Waals surface area (Å²) in [5, 5.41) is 2.86. The Morgan fingerprint density at radius 2 is 2.19 bits per heavy atom. The second kappa shape index (κ2) is 7.63. The van der Waals surface area contributed by atoms with Crippen molar-refractivity contribution in [3.8, 4) is 0 Å². The van der Waals surface area contributed by atoms with E-state index in [1.54, 1.807) is 0 Å². The minimum Gasteiger partial charge on any atom is -0.376 e. The largest absolute Gasteiger partial charge is 0.376 e. The average Bonchev–Trinajstić information content (AvgIpc) is 2.79. The normalized spacial score (nSPS) is 18.6. The van der Waals surface area contributed by atoms with Crippen LogP contribution in [0.1, 0.15) is 39.0 Å². The molecular formula is C12H24N2O2. The molecule has 0 spiro atoms. The molecule has 1 amide bonds. The van der Waals surface area contributed by atoms with E-state index in [4.69, 9.17) is 10.5 Å². The highest BCUT2D eigenvalue weighted by atomic mass is 16.5. The zero-order valence-electron chi connectivity index (χ0n) is 10.2. The van der Waals surface area contributed by atoms with E-state index in [9.17, 15) is 4.79 Å². The van der Waals surface area contributed by atoms with E-state index in [2.05, 4.69) is 5.32 Å². The highest BCUT2D eigenvalue weighted by Gasteiger charge is 2.16. The Balaban J connectivity index is 2.03. The van der Waals surface area contributed by atoms with Crippen LogP contribution in [0.3, 0.4) is 0 Å². The van der Waals surface area contributed by atoms with E-state index >= 15 is 0 Å². The lowest BCUT2D eigenvalue weighted by molar-refractivity contribution is -0.125. The molecular weight excluding hydrogens is 204 g/mol. The summed E-state index contributed by atoms with van der Waals surface area (Å²) < 4.78 is 5.65. The zero-order chi connectivity index (χ0) is 11.8. The number of nitrogens with one attached hydrogen (secondary N) is 1. The third-order valence-electron chi connectivity index (χ3n) is 3.21. The Morgan fingerprint density at radius 3 is 2.75 bits per heavy atom. The summed E-state index contributed by atoms with van der Waals surface area (Å²) in [5.74, 6) is 0.00602. The van der Waals surface area contributed by atoms with Crippen LogP contribution in [0.25, 0.3) is 0 Å². The van der Waals surface area contributed by atoms with Crippen molar-refractivity contribution in [1.29, 1.82) is 0 Å². The second-order valence-corrected chi connectivity index (χ2v) is 4.41. The molecule has 16 heavy (non-hydrogen) atoms. The van der Waals surface area contributed by atoms with Crippen molar-refractivity contribution in [1.82, 2.24) is 5.32 Å². The zero-order valence-corrected chi connectivity index (χ0v) is 10.2. The number of carbonyl (C=O) groups is 1. The van der Waals surface area contributed by atoms with E-state index in [-0.39, 0.29) is 11.8 Å².